The van der Waals surface area contributed by atoms with Gasteiger partial charge in [-0.1, -0.05) is 35.9 Å². The first kappa shape index (κ1) is 15.6. The van der Waals surface area contributed by atoms with E-state index in [1.807, 2.05) is 48.5 Å². The van der Waals surface area contributed by atoms with Crippen LogP contribution in [0.25, 0.3) is 0 Å². The highest BCUT2D eigenvalue weighted by Gasteiger charge is 2.43. The summed E-state index contributed by atoms with van der Waals surface area (Å²) in [5.74, 6) is 0.951. The summed E-state index contributed by atoms with van der Waals surface area (Å²) in [6.07, 6.45) is 2.46. The Hall–Kier alpha value is -2.33. The smallest absolute Gasteiger partial charge is 0.243 e. The van der Waals surface area contributed by atoms with Gasteiger partial charge in [-0.25, -0.2) is 5.43 Å². The van der Waals surface area contributed by atoms with Crippen LogP contribution >= 0.6 is 11.6 Å². The van der Waals surface area contributed by atoms with Crippen LogP contribution in [0.15, 0.2) is 53.6 Å². The minimum absolute atomic E-state index is 0.0152. The third kappa shape index (κ3) is 3.90. The molecule has 23 heavy (non-hydrogen) atoms. The molecule has 1 fully saturated rings. The van der Waals surface area contributed by atoms with Crippen molar-refractivity contribution in [3.05, 3.63) is 64.7 Å². The van der Waals surface area contributed by atoms with Gasteiger partial charge < -0.3 is 4.74 Å². The Labute approximate surface area is 140 Å². The maximum absolute atomic E-state index is 12.1. The molecule has 4 nitrogen and oxygen atoms in total. The van der Waals surface area contributed by atoms with Crippen LogP contribution in [0, 0.1) is 5.92 Å². The van der Waals surface area contributed by atoms with Gasteiger partial charge in [0, 0.05) is 10.9 Å². The number of carbonyl (C=O) groups excluding carboxylic acids is 1. The fraction of sp³-hybridized carbons (Fsp3) is 0.222. The molecule has 0 bridgehead atoms. The molecule has 1 amide bonds. The lowest BCUT2D eigenvalue weighted by Gasteiger charge is -2.01. The number of amides is 1. The first-order chi connectivity index (χ1) is 11.2. The van der Waals surface area contributed by atoms with Crippen molar-refractivity contribution in [2.75, 3.05) is 7.11 Å². The summed E-state index contributed by atoms with van der Waals surface area (Å²) in [5, 5.41) is 4.73. The molecule has 2 aromatic rings. The van der Waals surface area contributed by atoms with E-state index in [-0.39, 0.29) is 17.7 Å². The second-order valence-corrected chi connectivity index (χ2v) is 5.95. The van der Waals surface area contributed by atoms with E-state index in [1.165, 1.54) is 0 Å². The van der Waals surface area contributed by atoms with E-state index in [1.54, 1.807) is 13.3 Å². The number of hydrogen-bond donors (Lipinski definition) is 1. The fourth-order valence-corrected chi connectivity index (χ4v) is 2.66. The molecule has 1 aliphatic rings. The Kier molecular flexibility index (Phi) is 4.63. The van der Waals surface area contributed by atoms with Gasteiger partial charge in [0.1, 0.15) is 5.75 Å². The van der Waals surface area contributed by atoms with Gasteiger partial charge >= 0.3 is 0 Å². The molecular weight excluding hydrogens is 312 g/mol. The van der Waals surface area contributed by atoms with E-state index in [0.29, 0.717) is 5.02 Å². The molecule has 1 aliphatic carbocycles. The highest BCUT2D eigenvalue weighted by atomic mass is 35.5. The second-order valence-electron chi connectivity index (χ2n) is 5.51. The van der Waals surface area contributed by atoms with Crippen molar-refractivity contribution in [1.82, 2.24) is 5.43 Å². The lowest BCUT2D eigenvalue weighted by atomic mass is 10.1. The van der Waals surface area contributed by atoms with Crippen LogP contribution in [0.1, 0.15) is 23.5 Å². The minimum Gasteiger partial charge on any atom is -0.497 e. The number of halogens is 1. The first-order valence-electron chi connectivity index (χ1n) is 7.40. The molecule has 5 heteroatoms. The third-order valence-corrected chi connectivity index (χ3v) is 4.16. The minimum atomic E-state index is -0.0518. The van der Waals surface area contributed by atoms with Gasteiger partial charge in [0.15, 0.2) is 0 Å². The van der Waals surface area contributed by atoms with Crippen LogP contribution < -0.4 is 10.2 Å². The zero-order chi connectivity index (χ0) is 16.2. The topological polar surface area (TPSA) is 50.7 Å². The maximum atomic E-state index is 12.1. The molecule has 0 saturated heterocycles. The van der Waals surface area contributed by atoms with E-state index in [2.05, 4.69) is 10.5 Å². The normalized spacial score (nSPS) is 19.6. The average Bonchev–Trinajstić information content (AvgIpc) is 3.36. The summed E-state index contributed by atoms with van der Waals surface area (Å²) < 4.78 is 5.14. The van der Waals surface area contributed by atoms with Gasteiger partial charge in [0.2, 0.25) is 5.91 Å². The van der Waals surface area contributed by atoms with Crippen molar-refractivity contribution in [2.45, 2.75) is 12.3 Å². The number of methoxy groups -OCH3 is 1. The largest absolute Gasteiger partial charge is 0.497 e. The van der Waals surface area contributed by atoms with Gasteiger partial charge in [0.05, 0.1) is 13.3 Å². The van der Waals surface area contributed by atoms with Crippen molar-refractivity contribution in [2.24, 2.45) is 11.0 Å². The summed E-state index contributed by atoms with van der Waals surface area (Å²) >= 11 is 5.88. The molecule has 1 saturated carbocycles. The van der Waals surface area contributed by atoms with Crippen LogP contribution in [0.3, 0.4) is 0 Å². The van der Waals surface area contributed by atoms with Crippen molar-refractivity contribution < 1.29 is 9.53 Å². The van der Waals surface area contributed by atoms with E-state index in [4.69, 9.17) is 16.3 Å². The monoisotopic (exact) mass is 328 g/mol. The summed E-state index contributed by atoms with van der Waals surface area (Å²) in [7, 11) is 1.61. The maximum Gasteiger partial charge on any atom is 0.243 e. The second kappa shape index (κ2) is 6.84. The van der Waals surface area contributed by atoms with E-state index in [9.17, 15) is 4.79 Å². The Morgan fingerprint density at radius 2 is 2.09 bits per heavy atom. The lowest BCUT2D eigenvalue weighted by Crippen LogP contribution is -2.20. The van der Waals surface area contributed by atoms with Crippen LogP contribution in [0.5, 0.6) is 5.75 Å². The van der Waals surface area contributed by atoms with E-state index >= 15 is 0 Å². The van der Waals surface area contributed by atoms with Crippen molar-refractivity contribution >= 4 is 23.7 Å². The van der Waals surface area contributed by atoms with Gasteiger partial charge in [-0.2, -0.15) is 5.10 Å². The van der Waals surface area contributed by atoms with Gasteiger partial charge in [0.25, 0.3) is 0 Å². The number of carbonyl (C=O) groups is 1. The summed E-state index contributed by atoms with van der Waals surface area (Å²) in [6, 6.07) is 15.1. The lowest BCUT2D eigenvalue weighted by molar-refractivity contribution is -0.122. The summed E-state index contributed by atoms with van der Waals surface area (Å²) in [5.41, 5.74) is 4.62. The van der Waals surface area contributed by atoms with Crippen molar-refractivity contribution in [1.29, 1.82) is 0 Å². The highest BCUT2D eigenvalue weighted by Crippen LogP contribution is 2.47. The molecule has 2 unspecified atom stereocenters. The zero-order valence-electron chi connectivity index (χ0n) is 12.7. The molecule has 0 heterocycles. The molecule has 0 aromatic heterocycles. The molecule has 2 aromatic carbocycles. The quantitative estimate of drug-likeness (QED) is 0.673. The zero-order valence-corrected chi connectivity index (χ0v) is 13.5. The van der Waals surface area contributed by atoms with Crippen LogP contribution in [0.2, 0.25) is 5.02 Å². The Bertz CT molecular complexity index is 728. The molecule has 0 aliphatic heterocycles. The van der Waals surface area contributed by atoms with Crippen LogP contribution in [-0.4, -0.2) is 19.2 Å². The summed E-state index contributed by atoms with van der Waals surface area (Å²) in [4.78, 5) is 12.1. The number of benzene rings is 2. The number of hydrogen-bond acceptors (Lipinski definition) is 3. The molecule has 2 atom stereocenters. The highest BCUT2D eigenvalue weighted by molar-refractivity contribution is 6.30. The summed E-state index contributed by atoms with van der Waals surface area (Å²) in [6.45, 7) is 0. The van der Waals surface area contributed by atoms with Crippen molar-refractivity contribution in [3.8, 4) is 5.75 Å². The molecule has 1 N–H and O–H groups in total. The van der Waals surface area contributed by atoms with Crippen LogP contribution in [0.4, 0.5) is 0 Å². The average molecular weight is 329 g/mol. The predicted molar refractivity (Wildman–Crippen MR) is 91.0 cm³/mol. The number of hydrazone groups is 1. The number of nitrogens with one attached hydrogen (secondary N) is 1. The van der Waals surface area contributed by atoms with Crippen molar-refractivity contribution in [3.63, 3.8) is 0 Å². The SMILES string of the molecule is COc1cccc(C=NNC(=O)C2CC2c2ccc(Cl)cc2)c1. The van der Waals surface area contributed by atoms with Gasteiger partial charge in [-0.05, 0) is 47.7 Å². The number of ether oxygens (including phenoxy) is 1. The third-order valence-electron chi connectivity index (χ3n) is 3.91. The first-order valence-corrected chi connectivity index (χ1v) is 7.77. The number of rotatable bonds is 5. The molecule has 118 valence electrons. The predicted octanol–water partition coefficient (Wildman–Crippen LogP) is 3.60. The van der Waals surface area contributed by atoms with Gasteiger partial charge in [-0.15, -0.1) is 0 Å². The Balaban J connectivity index is 1.54. The van der Waals surface area contributed by atoms with E-state index in [0.717, 1.165) is 23.3 Å². The number of nitrogens with zero attached hydrogens (tertiary/aromatic N) is 1. The standard InChI is InChI=1S/C18H17ClN2O2/c1-23-15-4-2-3-12(9-15)11-20-21-18(22)17-10-16(17)13-5-7-14(19)8-6-13/h2-9,11,16-17H,10H2,1H3,(H,21,22). The van der Waals surface area contributed by atoms with Crippen LogP contribution in [-0.2, 0) is 4.79 Å². The molecule has 0 radical (unpaired) electrons. The molecular formula is C18H17ClN2O2. The Morgan fingerprint density at radius 3 is 2.83 bits per heavy atom. The fourth-order valence-electron chi connectivity index (χ4n) is 2.54. The molecule has 0 spiro atoms. The Morgan fingerprint density at radius 1 is 1.30 bits per heavy atom. The molecule has 3 rings (SSSR count). The van der Waals surface area contributed by atoms with E-state index < -0.39 is 0 Å². The van der Waals surface area contributed by atoms with Gasteiger partial charge in [-0.3, -0.25) is 4.79 Å².